The number of piperidine rings is 1. The molecule has 0 aliphatic carbocycles. The van der Waals surface area contributed by atoms with Crippen LogP contribution in [-0.4, -0.2) is 57.3 Å². The summed E-state index contributed by atoms with van der Waals surface area (Å²) in [6.45, 7) is 7.67. The van der Waals surface area contributed by atoms with Crippen LogP contribution in [-0.2, 0) is 10.3 Å². The zero-order valence-corrected chi connectivity index (χ0v) is 18.6. The Balaban J connectivity index is 1.51. The highest BCUT2D eigenvalue weighted by Crippen LogP contribution is 2.41. The molecule has 0 unspecified atom stereocenters. The van der Waals surface area contributed by atoms with E-state index in [9.17, 15) is 9.90 Å². The van der Waals surface area contributed by atoms with E-state index in [0.29, 0.717) is 31.9 Å². The van der Waals surface area contributed by atoms with Crippen molar-refractivity contribution in [1.29, 1.82) is 0 Å². The molecule has 0 radical (unpaired) electrons. The Morgan fingerprint density at radius 1 is 1.19 bits per heavy atom. The smallest absolute Gasteiger partial charge is 0.410 e. The third-order valence-electron chi connectivity index (χ3n) is 6.18. The number of hydrogen-bond donors (Lipinski definition) is 1. The molecule has 2 fully saturated rings. The Morgan fingerprint density at radius 2 is 1.90 bits per heavy atom. The van der Waals surface area contributed by atoms with Gasteiger partial charge in [-0.3, -0.25) is 0 Å². The van der Waals surface area contributed by atoms with Crippen LogP contribution in [0.15, 0.2) is 42.7 Å². The number of anilines is 1. The van der Waals surface area contributed by atoms with Gasteiger partial charge in [-0.2, -0.15) is 0 Å². The molecular weight excluding hydrogens is 392 g/mol. The number of rotatable bonds is 5. The van der Waals surface area contributed by atoms with E-state index in [0.717, 1.165) is 30.5 Å². The van der Waals surface area contributed by atoms with E-state index in [1.54, 1.807) is 13.8 Å². The molecule has 31 heavy (non-hydrogen) atoms. The maximum atomic E-state index is 13.2. The first kappa shape index (κ1) is 21.6. The summed E-state index contributed by atoms with van der Waals surface area (Å²) < 4.78 is 6.14. The zero-order chi connectivity index (χ0) is 22.1. The van der Waals surface area contributed by atoms with Gasteiger partial charge in [-0.25, -0.2) is 14.8 Å². The minimum atomic E-state index is -0.956. The molecule has 166 valence electrons. The van der Waals surface area contributed by atoms with E-state index in [-0.39, 0.29) is 12.1 Å². The maximum absolute atomic E-state index is 13.2. The molecule has 1 aromatic heterocycles. The summed E-state index contributed by atoms with van der Waals surface area (Å²) in [4.78, 5) is 26.1. The Labute approximate surface area is 184 Å². The molecule has 1 aromatic carbocycles. The second-order valence-corrected chi connectivity index (χ2v) is 9.46. The standard InChI is InChI=1S/C24H32N4O3/c1-18-14-25-21(26-15-18)27-12-7-10-20(16-27)28-13-11-24(31-22(28)29,17-23(2,3)30)19-8-5-4-6-9-19/h4-6,8-9,14-15,20,30H,7,10-13,16-17H2,1-3H3/t20-,24-/m0/s1. The van der Waals surface area contributed by atoms with Crippen molar-refractivity contribution >= 4 is 12.0 Å². The number of carbonyl (C=O) groups is 1. The first-order valence-corrected chi connectivity index (χ1v) is 11.1. The van der Waals surface area contributed by atoms with E-state index in [1.165, 1.54) is 0 Å². The number of cyclic esters (lactones) is 1. The van der Waals surface area contributed by atoms with Crippen LogP contribution in [0.5, 0.6) is 0 Å². The van der Waals surface area contributed by atoms with Crippen molar-refractivity contribution in [3.05, 3.63) is 53.9 Å². The average Bonchev–Trinajstić information content (AvgIpc) is 2.74. The summed E-state index contributed by atoms with van der Waals surface area (Å²) >= 11 is 0. The van der Waals surface area contributed by atoms with Crippen LogP contribution >= 0.6 is 0 Å². The molecule has 2 aliphatic heterocycles. The zero-order valence-electron chi connectivity index (χ0n) is 18.6. The molecule has 1 N–H and O–H groups in total. The van der Waals surface area contributed by atoms with Crippen molar-refractivity contribution in [2.45, 2.75) is 63.7 Å². The van der Waals surface area contributed by atoms with Crippen molar-refractivity contribution in [1.82, 2.24) is 14.9 Å². The van der Waals surface area contributed by atoms with E-state index in [1.807, 2.05) is 54.5 Å². The fourth-order valence-corrected chi connectivity index (χ4v) is 4.81. The highest BCUT2D eigenvalue weighted by atomic mass is 16.6. The lowest BCUT2D eigenvalue weighted by molar-refractivity contribution is -0.102. The maximum Gasteiger partial charge on any atom is 0.410 e. The molecule has 1 amide bonds. The molecule has 2 atom stereocenters. The van der Waals surface area contributed by atoms with Crippen molar-refractivity contribution in [2.24, 2.45) is 0 Å². The highest BCUT2D eigenvalue weighted by Gasteiger charge is 2.47. The van der Waals surface area contributed by atoms with Gasteiger partial charge in [0, 0.05) is 44.9 Å². The summed E-state index contributed by atoms with van der Waals surface area (Å²) in [5.41, 5.74) is 0.189. The molecule has 2 saturated heterocycles. The van der Waals surface area contributed by atoms with Gasteiger partial charge < -0.3 is 19.6 Å². The predicted molar refractivity (Wildman–Crippen MR) is 119 cm³/mol. The van der Waals surface area contributed by atoms with Crippen molar-refractivity contribution < 1.29 is 14.6 Å². The number of carbonyl (C=O) groups excluding carboxylic acids is 1. The average molecular weight is 425 g/mol. The highest BCUT2D eigenvalue weighted by molar-refractivity contribution is 5.70. The molecule has 7 nitrogen and oxygen atoms in total. The number of ether oxygens (including phenoxy) is 1. The van der Waals surface area contributed by atoms with Crippen LogP contribution in [0.1, 0.15) is 50.7 Å². The second kappa shape index (κ2) is 8.46. The van der Waals surface area contributed by atoms with Crippen molar-refractivity contribution in [2.75, 3.05) is 24.5 Å². The van der Waals surface area contributed by atoms with Crippen molar-refractivity contribution in [3.8, 4) is 0 Å². The van der Waals surface area contributed by atoms with Crippen LogP contribution in [0.3, 0.4) is 0 Å². The molecule has 2 aliphatic rings. The fraction of sp³-hybridized carbons (Fsp3) is 0.542. The lowest BCUT2D eigenvalue weighted by atomic mass is 9.80. The molecule has 2 aromatic rings. The van der Waals surface area contributed by atoms with Crippen LogP contribution in [0.25, 0.3) is 0 Å². The van der Waals surface area contributed by atoms with E-state index in [4.69, 9.17) is 4.74 Å². The number of aromatic nitrogens is 2. The van der Waals surface area contributed by atoms with Gasteiger partial charge in [-0.15, -0.1) is 0 Å². The number of amides is 1. The Hall–Kier alpha value is -2.67. The largest absolute Gasteiger partial charge is 0.438 e. The third kappa shape index (κ3) is 4.82. The number of benzene rings is 1. The first-order valence-electron chi connectivity index (χ1n) is 11.1. The monoisotopic (exact) mass is 424 g/mol. The minimum absolute atomic E-state index is 0.0575. The summed E-state index contributed by atoms with van der Waals surface area (Å²) in [5.74, 6) is 0.710. The van der Waals surface area contributed by atoms with Gasteiger partial charge in [0.1, 0.15) is 5.60 Å². The Kier molecular flexibility index (Phi) is 5.88. The first-order chi connectivity index (χ1) is 14.8. The van der Waals surface area contributed by atoms with Gasteiger partial charge in [0.2, 0.25) is 5.95 Å². The summed E-state index contributed by atoms with van der Waals surface area (Å²) in [5, 5.41) is 10.6. The van der Waals surface area contributed by atoms with Crippen LogP contribution < -0.4 is 4.90 Å². The fourth-order valence-electron chi connectivity index (χ4n) is 4.81. The number of hydrogen-bond acceptors (Lipinski definition) is 6. The SMILES string of the molecule is Cc1cnc(N2CCC[C@H](N3CC[C@](CC(C)(C)O)(c4ccccc4)OC3=O)C2)nc1. The molecule has 0 saturated carbocycles. The third-order valence-corrected chi connectivity index (χ3v) is 6.18. The summed E-state index contributed by atoms with van der Waals surface area (Å²) in [7, 11) is 0. The van der Waals surface area contributed by atoms with Crippen LogP contribution in [0, 0.1) is 6.92 Å². The lowest BCUT2D eigenvalue weighted by Crippen LogP contribution is -2.57. The van der Waals surface area contributed by atoms with Crippen molar-refractivity contribution in [3.63, 3.8) is 0 Å². The topological polar surface area (TPSA) is 78.8 Å². The Morgan fingerprint density at radius 3 is 2.55 bits per heavy atom. The van der Waals surface area contributed by atoms with Gasteiger partial charge in [-0.1, -0.05) is 30.3 Å². The molecule has 3 heterocycles. The number of nitrogens with zero attached hydrogens (tertiary/aromatic N) is 4. The normalized spacial score (nSPS) is 24.8. The van der Waals surface area contributed by atoms with Gasteiger partial charge >= 0.3 is 6.09 Å². The molecule has 0 spiro atoms. The second-order valence-electron chi connectivity index (χ2n) is 9.46. The quantitative estimate of drug-likeness (QED) is 0.789. The van der Waals surface area contributed by atoms with E-state index >= 15 is 0 Å². The van der Waals surface area contributed by atoms with Crippen LogP contribution in [0.4, 0.5) is 10.7 Å². The predicted octanol–water partition coefficient (Wildman–Crippen LogP) is 3.65. The van der Waals surface area contributed by atoms with Gasteiger partial charge in [0.05, 0.1) is 11.6 Å². The van der Waals surface area contributed by atoms with E-state index < -0.39 is 11.2 Å². The lowest BCUT2D eigenvalue weighted by Gasteiger charge is -2.47. The van der Waals surface area contributed by atoms with Gasteiger partial charge in [0.25, 0.3) is 0 Å². The van der Waals surface area contributed by atoms with E-state index in [2.05, 4.69) is 14.9 Å². The number of aryl methyl sites for hydroxylation is 1. The number of aliphatic hydroxyl groups is 1. The van der Waals surface area contributed by atoms with Crippen LogP contribution in [0.2, 0.25) is 0 Å². The Bertz CT molecular complexity index is 897. The summed E-state index contributed by atoms with van der Waals surface area (Å²) in [6.07, 6.45) is 6.25. The molecule has 4 rings (SSSR count). The van der Waals surface area contributed by atoms with Gasteiger partial charge in [0.15, 0.2) is 0 Å². The summed E-state index contributed by atoms with van der Waals surface area (Å²) in [6, 6.07) is 9.85. The minimum Gasteiger partial charge on any atom is -0.438 e. The molecule has 7 heteroatoms. The molecule has 0 bridgehead atoms. The molecular formula is C24H32N4O3. The van der Waals surface area contributed by atoms with Gasteiger partial charge in [-0.05, 0) is 44.7 Å².